The summed E-state index contributed by atoms with van der Waals surface area (Å²) in [5.74, 6) is 1.51. The number of hydrogen-bond acceptors (Lipinski definition) is 2. The van der Waals surface area contributed by atoms with Crippen molar-refractivity contribution in [3.63, 3.8) is 0 Å². The maximum atomic E-state index is 11.7. The Bertz CT molecular complexity index is 501. The van der Waals surface area contributed by atoms with E-state index >= 15 is 0 Å². The maximum absolute atomic E-state index is 11.7. The van der Waals surface area contributed by atoms with Crippen LogP contribution in [0.3, 0.4) is 0 Å². The van der Waals surface area contributed by atoms with Crippen LogP contribution in [0.25, 0.3) is 0 Å². The van der Waals surface area contributed by atoms with Crippen molar-refractivity contribution in [1.29, 1.82) is 0 Å². The number of benzene rings is 1. The maximum Gasteiger partial charge on any atom is 0.243 e. The summed E-state index contributed by atoms with van der Waals surface area (Å²) in [4.78, 5) is 17.6. The van der Waals surface area contributed by atoms with Gasteiger partial charge in [0.25, 0.3) is 0 Å². The van der Waals surface area contributed by atoms with E-state index in [9.17, 15) is 4.79 Å². The number of nitrogens with one attached hydrogen (secondary N) is 2. The van der Waals surface area contributed by atoms with Gasteiger partial charge in [0, 0.05) is 27.2 Å². The average Bonchev–Trinajstić information content (AvgIpc) is 3.34. The van der Waals surface area contributed by atoms with Crippen LogP contribution in [0.4, 0.5) is 0 Å². The highest BCUT2D eigenvalue weighted by molar-refractivity contribution is 14.0. The summed E-state index contributed by atoms with van der Waals surface area (Å²) in [5.41, 5.74) is 1.29. The predicted octanol–water partition coefficient (Wildman–Crippen LogP) is 1.88. The van der Waals surface area contributed by atoms with Gasteiger partial charge in [-0.2, -0.15) is 0 Å². The van der Waals surface area contributed by atoms with Crippen LogP contribution in [-0.2, 0) is 11.2 Å². The third-order valence-electron chi connectivity index (χ3n) is 3.68. The van der Waals surface area contributed by atoms with Gasteiger partial charge in [-0.25, -0.2) is 4.99 Å². The Morgan fingerprint density at radius 2 is 1.91 bits per heavy atom. The Hall–Kier alpha value is -1.31. The molecule has 2 rings (SSSR count). The van der Waals surface area contributed by atoms with Gasteiger partial charge in [0.15, 0.2) is 5.96 Å². The Morgan fingerprint density at radius 1 is 1.22 bits per heavy atom. The smallest absolute Gasteiger partial charge is 0.243 e. The Kier molecular flexibility index (Phi) is 8.98. The molecule has 0 bridgehead atoms. The van der Waals surface area contributed by atoms with Crippen molar-refractivity contribution in [3.8, 4) is 0 Å². The topological polar surface area (TPSA) is 56.7 Å². The molecule has 23 heavy (non-hydrogen) atoms. The number of amides is 1. The molecule has 2 N–H and O–H groups in total. The minimum absolute atomic E-state index is 0. The first-order chi connectivity index (χ1) is 10.6. The molecule has 1 fully saturated rings. The fourth-order valence-electron chi connectivity index (χ4n) is 2.00. The number of halogens is 1. The van der Waals surface area contributed by atoms with Crippen molar-refractivity contribution >= 4 is 35.8 Å². The average molecular weight is 430 g/mol. The summed E-state index contributed by atoms with van der Waals surface area (Å²) in [6, 6.07) is 10.3. The van der Waals surface area contributed by atoms with E-state index in [0.717, 1.165) is 31.4 Å². The minimum atomic E-state index is 0. The second kappa shape index (κ2) is 10.5. The lowest BCUT2D eigenvalue weighted by molar-refractivity contribution is -0.127. The van der Waals surface area contributed by atoms with Gasteiger partial charge in [-0.15, -0.1) is 24.0 Å². The lowest BCUT2D eigenvalue weighted by Crippen LogP contribution is -2.40. The molecule has 5 nitrogen and oxygen atoms in total. The minimum Gasteiger partial charge on any atom is -0.356 e. The molecule has 0 spiro atoms. The second-order valence-electron chi connectivity index (χ2n) is 5.94. The van der Waals surface area contributed by atoms with Gasteiger partial charge < -0.3 is 15.5 Å². The van der Waals surface area contributed by atoms with Gasteiger partial charge >= 0.3 is 0 Å². The van der Waals surface area contributed by atoms with E-state index in [-0.39, 0.29) is 36.4 Å². The van der Waals surface area contributed by atoms with Crippen LogP contribution in [0, 0.1) is 5.92 Å². The van der Waals surface area contributed by atoms with E-state index in [1.807, 2.05) is 18.2 Å². The summed E-state index contributed by atoms with van der Waals surface area (Å²) in [5, 5.41) is 6.64. The second-order valence-corrected chi connectivity index (χ2v) is 5.94. The van der Waals surface area contributed by atoms with Crippen molar-refractivity contribution in [2.75, 3.05) is 33.7 Å². The number of likely N-dealkylation sites (N-methyl/N-ethyl adjacent to an activating group) is 1. The molecular formula is C17H27IN4O. The first-order valence-electron chi connectivity index (χ1n) is 7.91. The Balaban J connectivity index is 0.00000264. The van der Waals surface area contributed by atoms with E-state index in [1.165, 1.54) is 18.4 Å². The summed E-state index contributed by atoms with van der Waals surface area (Å²) in [7, 11) is 3.50. The normalized spacial score (nSPS) is 13.9. The summed E-state index contributed by atoms with van der Waals surface area (Å²) in [6.07, 6.45) is 3.52. The molecule has 1 aromatic carbocycles. The predicted molar refractivity (Wildman–Crippen MR) is 105 cm³/mol. The standard InChI is InChI=1S/C17H26N4O.HI/c1-21(2)16(22)13-20-17(19-12-15-8-9-15)18-11-10-14-6-4-3-5-7-14;/h3-7,15H,8-13H2,1-2H3,(H2,18,19,20);1H. The quantitative estimate of drug-likeness (QED) is 0.395. The molecule has 0 aliphatic heterocycles. The zero-order chi connectivity index (χ0) is 15.8. The van der Waals surface area contributed by atoms with Crippen LogP contribution in [0.15, 0.2) is 35.3 Å². The van der Waals surface area contributed by atoms with E-state index in [2.05, 4.69) is 27.8 Å². The molecule has 1 saturated carbocycles. The van der Waals surface area contributed by atoms with Crippen LogP contribution < -0.4 is 10.6 Å². The lowest BCUT2D eigenvalue weighted by Gasteiger charge is -2.13. The molecule has 0 aromatic heterocycles. The van der Waals surface area contributed by atoms with Crippen LogP contribution in [0.5, 0.6) is 0 Å². The fourth-order valence-corrected chi connectivity index (χ4v) is 2.00. The zero-order valence-corrected chi connectivity index (χ0v) is 16.2. The van der Waals surface area contributed by atoms with Gasteiger partial charge in [0.2, 0.25) is 5.91 Å². The van der Waals surface area contributed by atoms with E-state index in [4.69, 9.17) is 0 Å². The van der Waals surface area contributed by atoms with Crippen molar-refractivity contribution in [1.82, 2.24) is 15.5 Å². The highest BCUT2D eigenvalue weighted by Gasteiger charge is 2.21. The van der Waals surface area contributed by atoms with Crippen molar-refractivity contribution in [3.05, 3.63) is 35.9 Å². The molecule has 0 heterocycles. The third-order valence-corrected chi connectivity index (χ3v) is 3.68. The molecule has 128 valence electrons. The highest BCUT2D eigenvalue weighted by Crippen LogP contribution is 2.27. The first kappa shape index (κ1) is 19.7. The molecule has 1 aliphatic carbocycles. The number of rotatable bonds is 7. The molecule has 1 amide bonds. The van der Waals surface area contributed by atoms with E-state index < -0.39 is 0 Å². The lowest BCUT2D eigenvalue weighted by atomic mass is 10.1. The monoisotopic (exact) mass is 430 g/mol. The number of carbonyl (C=O) groups is 1. The summed E-state index contributed by atoms with van der Waals surface area (Å²) in [6.45, 7) is 1.92. The van der Waals surface area contributed by atoms with E-state index in [0.29, 0.717) is 0 Å². The van der Waals surface area contributed by atoms with Gasteiger partial charge in [0.05, 0.1) is 0 Å². The van der Waals surface area contributed by atoms with Gasteiger partial charge in [-0.1, -0.05) is 30.3 Å². The largest absolute Gasteiger partial charge is 0.356 e. The fraction of sp³-hybridized carbons (Fsp3) is 0.529. The van der Waals surface area contributed by atoms with Crippen LogP contribution in [-0.4, -0.2) is 50.5 Å². The van der Waals surface area contributed by atoms with Crippen molar-refractivity contribution < 1.29 is 4.79 Å². The van der Waals surface area contributed by atoms with Gasteiger partial charge in [-0.05, 0) is 30.7 Å². The molecule has 1 aliphatic rings. The van der Waals surface area contributed by atoms with Crippen LogP contribution >= 0.6 is 24.0 Å². The van der Waals surface area contributed by atoms with Crippen LogP contribution in [0.1, 0.15) is 18.4 Å². The number of hydrogen-bond donors (Lipinski definition) is 2. The van der Waals surface area contributed by atoms with Crippen molar-refractivity contribution in [2.24, 2.45) is 10.9 Å². The Morgan fingerprint density at radius 3 is 2.52 bits per heavy atom. The SMILES string of the molecule is CN(C)C(=O)CN=C(NCCc1ccccc1)NCC1CC1.I. The molecule has 6 heteroatoms. The van der Waals surface area contributed by atoms with Crippen molar-refractivity contribution in [2.45, 2.75) is 19.3 Å². The zero-order valence-electron chi connectivity index (χ0n) is 13.9. The molecule has 0 atom stereocenters. The van der Waals surface area contributed by atoms with E-state index in [1.54, 1.807) is 19.0 Å². The molecule has 0 unspecified atom stereocenters. The Labute approximate surface area is 156 Å². The number of guanidine groups is 1. The van der Waals surface area contributed by atoms with Gasteiger partial charge in [0.1, 0.15) is 6.54 Å². The third kappa shape index (κ3) is 8.20. The number of aliphatic imine (C=N–C) groups is 1. The summed E-state index contributed by atoms with van der Waals surface area (Å²) >= 11 is 0. The molecule has 1 aromatic rings. The van der Waals surface area contributed by atoms with Crippen LogP contribution in [0.2, 0.25) is 0 Å². The molecule has 0 saturated heterocycles. The first-order valence-corrected chi connectivity index (χ1v) is 7.91. The summed E-state index contributed by atoms with van der Waals surface area (Å²) < 4.78 is 0. The number of carbonyl (C=O) groups excluding carboxylic acids is 1. The van der Waals surface area contributed by atoms with Gasteiger partial charge in [-0.3, -0.25) is 4.79 Å². The number of nitrogens with zero attached hydrogens (tertiary/aromatic N) is 2. The molecule has 0 radical (unpaired) electrons. The molecular weight excluding hydrogens is 403 g/mol. The highest BCUT2D eigenvalue weighted by atomic mass is 127.